The number of rotatable bonds is 4. The van der Waals surface area contributed by atoms with Gasteiger partial charge in [0.2, 0.25) is 0 Å². The first kappa shape index (κ1) is 10.5. The maximum Gasteiger partial charge on any atom is 0.139 e. The van der Waals surface area contributed by atoms with Gasteiger partial charge in [0.25, 0.3) is 0 Å². The molecule has 0 aliphatic heterocycles. The van der Waals surface area contributed by atoms with Crippen molar-refractivity contribution in [3.63, 3.8) is 0 Å². The second kappa shape index (κ2) is 5.95. The second-order valence-electron chi connectivity index (χ2n) is 3.89. The van der Waals surface area contributed by atoms with E-state index in [9.17, 15) is 4.79 Å². The number of ketones is 1. The van der Waals surface area contributed by atoms with Crippen LogP contribution >= 0.6 is 0 Å². The topological polar surface area (TPSA) is 17.1 Å². The van der Waals surface area contributed by atoms with Gasteiger partial charge >= 0.3 is 0 Å². The fourth-order valence-electron chi connectivity index (χ4n) is 1.80. The standard InChI is InChI=1S/C12H20O/c1-2-3-4-5-8-11-9-6-7-10-12(11)13/h5,8,11H,2-4,6-7,9-10H2,1H3/b8-5-/t11-/m0/s1. The Kier molecular flexibility index (Phi) is 4.81. The minimum absolute atomic E-state index is 0.255. The van der Waals surface area contributed by atoms with Gasteiger partial charge in [-0.3, -0.25) is 4.79 Å². The maximum absolute atomic E-state index is 11.4. The Hall–Kier alpha value is -0.590. The molecule has 74 valence electrons. The van der Waals surface area contributed by atoms with Crippen molar-refractivity contribution in [2.45, 2.75) is 51.9 Å². The van der Waals surface area contributed by atoms with E-state index in [0.717, 1.165) is 25.7 Å². The van der Waals surface area contributed by atoms with E-state index in [4.69, 9.17) is 0 Å². The first-order chi connectivity index (χ1) is 6.34. The molecular weight excluding hydrogens is 160 g/mol. The summed E-state index contributed by atoms with van der Waals surface area (Å²) in [6, 6.07) is 0. The van der Waals surface area contributed by atoms with Crippen molar-refractivity contribution in [2.24, 2.45) is 5.92 Å². The molecule has 1 fully saturated rings. The third kappa shape index (κ3) is 3.75. The largest absolute Gasteiger partial charge is 0.299 e. The number of unbranched alkanes of at least 4 members (excludes halogenated alkanes) is 2. The van der Waals surface area contributed by atoms with Crippen LogP contribution in [0.5, 0.6) is 0 Å². The molecule has 1 aliphatic rings. The molecule has 0 heterocycles. The fraction of sp³-hybridized carbons (Fsp3) is 0.750. The van der Waals surface area contributed by atoms with Crippen LogP contribution in [0.25, 0.3) is 0 Å². The van der Waals surface area contributed by atoms with Gasteiger partial charge in [0, 0.05) is 12.3 Å². The zero-order chi connectivity index (χ0) is 9.52. The molecule has 0 aromatic heterocycles. The molecule has 0 radical (unpaired) electrons. The molecule has 1 aliphatic carbocycles. The SMILES string of the molecule is CCCC/C=C\[C@H]1CCCCC1=O. The first-order valence-corrected chi connectivity index (χ1v) is 5.54. The van der Waals surface area contributed by atoms with E-state index in [1.807, 2.05) is 0 Å². The molecule has 1 rings (SSSR count). The smallest absolute Gasteiger partial charge is 0.139 e. The van der Waals surface area contributed by atoms with Gasteiger partial charge < -0.3 is 0 Å². The van der Waals surface area contributed by atoms with Gasteiger partial charge in [-0.15, -0.1) is 0 Å². The summed E-state index contributed by atoms with van der Waals surface area (Å²) in [5, 5.41) is 0. The molecule has 1 saturated carbocycles. The average Bonchev–Trinajstić information content (AvgIpc) is 2.15. The lowest BCUT2D eigenvalue weighted by atomic mass is 9.87. The molecule has 0 bridgehead atoms. The van der Waals surface area contributed by atoms with E-state index in [2.05, 4.69) is 19.1 Å². The van der Waals surface area contributed by atoms with E-state index in [1.165, 1.54) is 19.3 Å². The molecule has 1 heteroatoms. The zero-order valence-corrected chi connectivity index (χ0v) is 8.59. The van der Waals surface area contributed by atoms with E-state index in [1.54, 1.807) is 0 Å². The van der Waals surface area contributed by atoms with Crippen LogP contribution < -0.4 is 0 Å². The zero-order valence-electron chi connectivity index (χ0n) is 8.59. The van der Waals surface area contributed by atoms with Gasteiger partial charge in [-0.05, 0) is 19.3 Å². The number of hydrogen-bond acceptors (Lipinski definition) is 1. The van der Waals surface area contributed by atoms with E-state index < -0.39 is 0 Å². The summed E-state index contributed by atoms with van der Waals surface area (Å²) < 4.78 is 0. The molecule has 0 aromatic carbocycles. The number of hydrogen-bond donors (Lipinski definition) is 0. The van der Waals surface area contributed by atoms with Crippen LogP contribution in [-0.4, -0.2) is 5.78 Å². The number of Topliss-reactive ketones (excluding diaryl/α,β-unsaturated/α-hetero) is 1. The highest BCUT2D eigenvalue weighted by atomic mass is 16.1. The Bertz CT molecular complexity index is 182. The third-order valence-corrected chi connectivity index (χ3v) is 2.69. The quantitative estimate of drug-likeness (QED) is 0.478. The second-order valence-corrected chi connectivity index (χ2v) is 3.89. The Morgan fingerprint density at radius 1 is 1.46 bits per heavy atom. The molecule has 0 unspecified atom stereocenters. The van der Waals surface area contributed by atoms with Crippen LogP contribution in [-0.2, 0) is 4.79 Å². The Balaban J connectivity index is 2.25. The fourth-order valence-corrected chi connectivity index (χ4v) is 1.80. The van der Waals surface area contributed by atoms with Gasteiger partial charge in [0.1, 0.15) is 5.78 Å². The predicted molar refractivity (Wildman–Crippen MR) is 55.6 cm³/mol. The van der Waals surface area contributed by atoms with Crippen molar-refractivity contribution in [1.29, 1.82) is 0 Å². The molecule has 0 amide bonds. The third-order valence-electron chi connectivity index (χ3n) is 2.69. The normalized spacial score (nSPS) is 24.1. The van der Waals surface area contributed by atoms with Crippen molar-refractivity contribution in [3.8, 4) is 0 Å². The Labute approximate surface area is 81.2 Å². The van der Waals surface area contributed by atoms with Gasteiger partial charge in [-0.25, -0.2) is 0 Å². The summed E-state index contributed by atoms with van der Waals surface area (Å²) in [6.45, 7) is 2.19. The summed E-state index contributed by atoms with van der Waals surface area (Å²) in [6.07, 6.45) is 12.2. The number of carbonyl (C=O) groups excluding carboxylic acids is 1. The summed E-state index contributed by atoms with van der Waals surface area (Å²) in [5.41, 5.74) is 0. The van der Waals surface area contributed by atoms with Crippen molar-refractivity contribution in [3.05, 3.63) is 12.2 Å². The lowest BCUT2D eigenvalue weighted by Gasteiger charge is -2.16. The summed E-state index contributed by atoms with van der Waals surface area (Å²) >= 11 is 0. The monoisotopic (exact) mass is 180 g/mol. The van der Waals surface area contributed by atoms with Crippen molar-refractivity contribution < 1.29 is 4.79 Å². The molecule has 0 N–H and O–H groups in total. The van der Waals surface area contributed by atoms with E-state index in [-0.39, 0.29) is 5.92 Å². The number of carbonyl (C=O) groups is 1. The minimum atomic E-state index is 0.255. The maximum atomic E-state index is 11.4. The highest BCUT2D eigenvalue weighted by Gasteiger charge is 2.18. The van der Waals surface area contributed by atoms with Crippen LogP contribution in [0, 0.1) is 5.92 Å². The average molecular weight is 180 g/mol. The Morgan fingerprint density at radius 2 is 2.31 bits per heavy atom. The van der Waals surface area contributed by atoms with Crippen molar-refractivity contribution >= 4 is 5.78 Å². The van der Waals surface area contributed by atoms with Gasteiger partial charge in [0.05, 0.1) is 0 Å². The molecule has 1 atom stereocenters. The predicted octanol–water partition coefficient (Wildman–Crippen LogP) is 3.49. The minimum Gasteiger partial charge on any atom is -0.299 e. The van der Waals surface area contributed by atoms with Gasteiger partial charge in [0.15, 0.2) is 0 Å². The summed E-state index contributed by atoms with van der Waals surface area (Å²) in [4.78, 5) is 11.4. The van der Waals surface area contributed by atoms with E-state index >= 15 is 0 Å². The van der Waals surface area contributed by atoms with Crippen LogP contribution in [0.3, 0.4) is 0 Å². The van der Waals surface area contributed by atoms with Crippen LogP contribution in [0.1, 0.15) is 51.9 Å². The Morgan fingerprint density at radius 3 is 3.00 bits per heavy atom. The lowest BCUT2D eigenvalue weighted by Crippen LogP contribution is -2.16. The van der Waals surface area contributed by atoms with Crippen molar-refractivity contribution in [2.75, 3.05) is 0 Å². The first-order valence-electron chi connectivity index (χ1n) is 5.54. The lowest BCUT2D eigenvalue weighted by molar-refractivity contribution is -0.122. The molecule has 0 aromatic rings. The number of allylic oxidation sites excluding steroid dienone is 2. The van der Waals surface area contributed by atoms with Crippen molar-refractivity contribution in [1.82, 2.24) is 0 Å². The highest BCUT2D eigenvalue weighted by Crippen LogP contribution is 2.21. The van der Waals surface area contributed by atoms with Crippen LogP contribution in [0.15, 0.2) is 12.2 Å². The van der Waals surface area contributed by atoms with Gasteiger partial charge in [-0.2, -0.15) is 0 Å². The molecule has 0 spiro atoms. The molecule has 0 saturated heterocycles. The molecule has 13 heavy (non-hydrogen) atoms. The van der Waals surface area contributed by atoms with Gasteiger partial charge in [-0.1, -0.05) is 38.3 Å². The van der Waals surface area contributed by atoms with Crippen LogP contribution in [0.2, 0.25) is 0 Å². The summed E-state index contributed by atoms with van der Waals surface area (Å²) in [5.74, 6) is 0.713. The summed E-state index contributed by atoms with van der Waals surface area (Å²) in [7, 11) is 0. The molecule has 1 nitrogen and oxygen atoms in total. The van der Waals surface area contributed by atoms with E-state index in [0.29, 0.717) is 5.78 Å². The van der Waals surface area contributed by atoms with Crippen LogP contribution in [0.4, 0.5) is 0 Å². The highest BCUT2D eigenvalue weighted by molar-refractivity contribution is 5.83. The molecular formula is C12H20O.